The first-order chi connectivity index (χ1) is 8.15. The van der Waals surface area contributed by atoms with Crippen molar-refractivity contribution in [2.75, 3.05) is 19.6 Å². The second-order valence-electron chi connectivity index (χ2n) is 3.40. The van der Waals surface area contributed by atoms with E-state index >= 15 is 0 Å². The van der Waals surface area contributed by atoms with Crippen molar-refractivity contribution in [2.24, 2.45) is 0 Å². The molecule has 17 heavy (non-hydrogen) atoms. The molecule has 1 rings (SSSR count). The van der Waals surface area contributed by atoms with E-state index in [0.29, 0.717) is 13.1 Å². The summed E-state index contributed by atoms with van der Waals surface area (Å²) in [6.07, 6.45) is 1.03. The fraction of sp³-hybridized carbons (Fsp3) is 0.500. The summed E-state index contributed by atoms with van der Waals surface area (Å²) >= 11 is 0. The van der Waals surface area contributed by atoms with Gasteiger partial charge >= 0.3 is 5.88 Å². The summed E-state index contributed by atoms with van der Waals surface area (Å²) in [6, 6.07) is 2.44. The SMILES string of the molecule is CCCNCCNC(=O)c1ccc([N+](=O)[O-])o1. The molecule has 0 spiro atoms. The van der Waals surface area contributed by atoms with Gasteiger partial charge in [0, 0.05) is 13.1 Å². The molecule has 2 N–H and O–H groups in total. The van der Waals surface area contributed by atoms with E-state index in [2.05, 4.69) is 10.6 Å². The molecule has 7 nitrogen and oxygen atoms in total. The lowest BCUT2D eigenvalue weighted by molar-refractivity contribution is -0.402. The third kappa shape index (κ3) is 4.23. The molecule has 7 heteroatoms. The minimum absolute atomic E-state index is 0.0489. The fourth-order valence-electron chi connectivity index (χ4n) is 1.20. The summed E-state index contributed by atoms with van der Waals surface area (Å²) in [4.78, 5) is 21.1. The summed E-state index contributed by atoms with van der Waals surface area (Å²) in [5.41, 5.74) is 0. The summed E-state index contributed by atoms with van der Waals surface area (Å²) in [5, 5.41) is 16.0. The Bertz CT molecular complexity index is 389. The number of hydrogen-bond acceptors (Lipinski definition) is 5. The average Bonchev–Trinajstić information content (AvgIpc) is 2.78. The number of hydrogen-bond donors (Lipinski definition) is 2. The molecule has 0 radical (unpaired) electrons. The van der Waals surface area contributed by atoms with Gasteiger partial charge in [0.15, 0.2) is 5.76 Å². The van der Waals surface area contributed by atoms with E-state index in [1.165, 1.54) is 6.07 Å². The van der Waals surface area contributed by atoms with Gasteiger partial charge in [0.25, 0.3) is 5.91 Å². The Balaban J connectivity index is 2.34. The molecule has 0 unspecified atom stereocenters. The third-order valence-corrected chi connectivity index (χ3v) is 2.01. The van der Waals surface area contributed by atoms with Crippen LogP contribution in [-0.4, -0.2) is 30.5 Å². The van der Waals surface area contributed by atoms with E-state index in [9.17, 15) is 14.9 Å². The molecule has 0 aromatic carbocycles. The lowest BCUT2D eigenvalue weighted by Gasteiger charge is -2.03. The van der Waals surface area contributed by atoms with Gasteiger partial charge in [0.1, 0.15) is 4.92 Å². The van der Waals surface area contributed by atoms with E-state index in [0.717, 1.165) is 19.0 Å². The fourth-order valence-corrected chi connectivity index (χ4v) is 1.20. The quantitative estimate of drug-likeness (QED) is 0.420. The molecule has 0 aliphatic heterocycles. The molecule has 0 atom stereocenters. The van der Waals surface area contributed by atoms with Crippen molar-refractivity contribution in [1.29, 1.82) is 0 Å². The molecule has 0 aliphatic carbocycles. The predicted octanol–water partition coefficient (Wildman–Crippen LogP) is 0.917. The van der Waals surface area contributed by atoms with Crippen LogP contribution in [0.3, 0.4) is 0 Å². The number of nitrogens with zero attached hydrogens (tertiary/aromatic N) is 1. The standard InChI is InChI=1S/C10H15N3O4/c1-2-5-11-6-7-12-10(14)8-3-4-9(17-8)13(15)16/h3-4,11H,2,5-7H2,1H3,(H,12,14). The van der Waals surface area contributed by atoms with Gasteiger partial charge in [0.2, 0.25) is 0 Å². The number of carbonyl (C=O) groups is 1. The molecular weight excluding hydrogens is 226 g/mol. The summed E-state index contributed by atoms with van der Waals surface area (Å²) in [7, 11) is 0. The smallest absolute Gasteiger partial charge is 0.395 e. The van der Waals surface area contributed by atoms with Crippen LogP contribution < -0.4 is 10.6 Å². The normalized spacial score (nSPS) is 10.2. The maximum Gasteiger partial charge on any atom is 0.433 e. The van der Waals surface area contributed by atoms with Crippen LogP contribution in [0.5, 0.6) is 0 Å². The zero-order valence-corrected chi connectivity index (χ0v) is 9.56. The van der Waals surface area contributed by atoms with Gasteiger partial charge in [0.05, 0.1) is 6.07 Å². The number of nitrogens with one attached hydrogen (secondary N) is 2. The molecular formula is C10H15N3O4. The highest BCUT2D eigenvalue weighted by Crippen LogP contribution is 2.15. The minimum atomic E-state index is -0.681. The predicted molar refractivity (Wildman–Crippen MR) is 60.9 cm³/mol. The molecule has 0 bridgehead atoms. The van der Waals surface area contributed by atoms with Crippen LogP contribution in [-0.2, 0) is 0 Å². The second kappa shape index (κ2) is 6.64. The van der Waals surface area contributed by atoms with Crippen LogP contribution >= 0.6 is 0 Å². The van der Waals surface area contributed by atoms with Gasteiger partial charge in [-0.15, -0.1) is 0 Å². The summed E-state index contributed by atoms with van der Waals surface area (Å²) in [6.45, 7) is 4.05. The molecule has 94 valence electrons. The highest BCUT2D eigenvalue weighted by Gasteiger charge is 2.16. The van der Waals surface area contributed by atoms with E-state index in [1.54, 1.807) is 0 Å². The van der Waals surface area contributed by atoms with Gasteiger partial charge in [-0.2, -0.15) is 0 Å². The van der Waals surface area contributed by atoms with Gasteiger partial charge in [-0.1, -0.05) is 6.92 Å². The number of rotatable bonds is 7. The maximum absolute atomic E-state index is 11.5. The Morgan fingerprint density at radius 3 is 2.76 bits per heavy atom. The Labute approximate surface area is 98.3 Å². The van der Waals surface area contributed by atoms with Crippen molar-refractivity contribution >= 4 is 11.8 Å². The Hall–Kier alpha value is -1.89. The first kappa shape index (κ1) is 13.2. The molecule has 1 amide bonds. The van der Waals surface area contributed by atoms with E-state index in [-0.39, 0.29) is 5.76 Å². The largest absolute Gasteiger partial charge is 0.433 e. The van der Waals surface area contributed by atoms with Gasteiger partial charge in [-0.25, -0.2) is 0 Å². The van der Waals surface area contributed by atoms with Crippen LogP contribution in [0.15, 0.2) is 16.5 Å². The van der Waals surface area contributed by atoms with Crippen LogP contribution in [0, 0.1) is 10.1 Å². The van der Waals surface area contributed by atoms with E-state index in [4.69, 9.17) is 4.42 Å². The number of furan rings is 1. The third-order valence-electron chi connectivity index (χ3n) is 2.01. The molecule has 0 saturated heterocycles. The molecule has 0 fully saturated rings. The number of amides is 1. The van der Waals surface area contributed by atoms with Crippen LogP contribution in [0.25, 0.3) is 0 Å². The second-order valence-corrected chi connectivity index (χ2v) is 3.40. The molecule has 0 saturated carbocycles. The van der Waals surface area contributed by atoms with E-state index in [1.807, 2.05) is 6.92 Å². The topological polar surface area (TPSA) is 97.4 Å². The molecule has 1 aromatic rings. The average molecular weight is 241 g/mol. The van der Waals surface area contributed by atoms with Gasteiger partial charge < -0.3 is 15.1 Å². The number of nitro groups is 1. The van der Waals surface area contributed by atoms with Crippen LogP contribution in [0.1, 0.15) is 23.9 Å². The lowest BCUT2D eigenvalue weighted by Crippen LogP contribution is -2.31. The minimum Gasteiger partial charge on any atom is -0.395 e. The van der Waals surface area contributed by atoms with Crippen LogP contribution in [0.4, 0.5) is 5.88 Å². The zero-order chi connectivity index (χ0) is 12.7. The lowest BCUT2D eigenvalue weighted by atomic mass is 10.4. The Morgan fingerprint density at radius 2 is 2.18 bits per heavy atom. The van der Waals surface area contributed by atoms with Crippen molar-refractivity contribution in [3.63, 3.8) is 0 Å². The van der Waals surface area contributed by atoms with Crippen molar-refractivity contribution < 1.29 is 14.1 Å². The highest BCUT2D eigenvalue weighted by atomic mass is 16.6. The molecule has 0 aliphatic rings. The van der Waals surface area contributed by atoms with Crippen LogP contribution in [0.2, 0.25) is 0 Å². The van der Waals surface area contributed by atoms with Crippen molar-refractivity contribution in [2.45, 2.75) is 13.3 Å². The summed E-state index contributed by atoms with van der Waals surface area (Å²) in [5.74, 6) is -0.928. The van der Waals surface area contributed by atoms with Gasteiger partial charge in [-0.3, -0.25) is 14.9 Å². The van der Waals surface area contributed by atoms with E-state index < -0.39 is 16.7 Å². The van der Waals surface area contributed by atoms with Crippen molar-refractivity contribution in [3.8, 4) is 0 Å². The molecule has 1 aromatic heterocycles. The van der Waals surface area contributed by atoms with Crippen molar-refractivity contribution in [3.05, 3.63) is 28.0 Å². The maximum atomic E-state index is 11.5. The Morgan fingerprint density at radius 1 is 1.41 bits per heavy atom. The summed E-state index contributed by atoms with van der Waals surface area (Å²) < 4.78 is 4.75. The van der Waals surface area contributed by atoms with Crippen molar-refractivity contribution in [1.82, 2.24) is 10.6 Å². The highest BCUT2D eigenvalue weighted by molar-refractivity contribution is 5.91. The number of carbonyl (C=O) groups excluding carboxylic acids is 1. The van der Waals surface area contributed by atoms with Gasteiger partial charge in [-0.05, 0) is 19.0 Å². The monoisotopic (exact) mass is 241 g/mol. The Kier molecular flexibility index (Phi) is 5.15. The first-order valence-corrected chi connectivity index (χ1v) is 5.38. The first-order valence-electron chi connectivity index (χ1n) is 5.38. The zero-order valence-electron chi connectivity index (χ0n) is 9.56. The molecule has 1 heterocycles.